The lowest BCUT2D eigenvalue weighted by molar-refractivity contribution is 0.282. The van der Waals surface area contributed by atoms with Crippen LogP contribution in [0.4, 0.5) is 0 Å². The van der Waals surface area contributed by atoms with Gasteiger partial charge in [-0.3, -0.25) is 4.79 Å². The van der Waals surface area contributed by atoms with Gasteiger partial charge in [-0.25, -0.2) is 0 Å². The molecule has 96 valence electrons. The van der Waals surface area contributed by atoms with Gasteiger partial charge in [0.2, 0.25) is 0 Å². The zero-order valence-electron chi connectivity index (χ0n) is 10.1. The molecular weight excluding hydrogens is 260 g/mol. The molecule has 0 aliphatic carbocycles. The lowest BCUT2D eigenvalue weighted by Gasteiger charge is -2.04. The molecule has 0 aliphatic rings. The number of fused-ring (bicyclic) bond motifs is 2. The molecular formula is C15H12O3S. The van der Waals surface area contributed by atoms with Gasteiger partial charge in [0.05, 0.1) is 13.2 Å². The van der Waals surface area contributed by atoms with E-state index in [1.165, 1.54) is 0 Å². The van der Waals surface area contributed by atoms with Crippen molar-refractivity contribution in [1.82, 2.24) is 0 Å². The van der Waals surface area contributed by atoms with Crippen LogP contribution in [0.1, 0.15) is 11.1 Å². The quantitative estimate of drug-likeness (QED) is 0.704. The second-order valence-corrected chi connectivity index (χ2v) is 5.49. The minimum absolute atomic E-state index is 0.0469. The summed E-state index contributed by atoms with van der Waals surface area (Å²) in [5.41, 5.74) is 1.42. The van der Waals surface area contributed by atoms with Crippen LogP contribution >= 0.6 is 11.3 Å². The number of hydrogen-bond acceptors (Lipinski definition) is 4. The maximum absolute atomic E-state index is 12.5. The number of benzene rings is 2. The number of hydrogen-bond donors (Lipinski definition) is 2. The van der Waals surface area contributed by atoms with Crippen LogP contribution in [0.2, 0.25) is 0 Å². The predicted octanol–water partition coefficient (Wildman–Crippen LogP) is 2.40. The van der Waals surface area contributed by atoms with E-state index in [0.717, 1.165) is 20.5 Å². The third-order valence-corrected chi connectivity index (χ3v) is 4.31. The predicted molar refractivity (Wildman–Crippen MR) is 77.4 cm³/mol. The first-order chi connectivity index (χ1) is 9.22. The first-order valence-electron chi connectivity index (χ1n) is 5.93. The molecule has 0 radical (unpaired) electrons. The van der Waals surface area contributed by atoms with Gasteiger partial charge in [0.15, 0.2) is 5.43 Å². The van der Waals surface area contributed by atoms with Crippen molar-refractivity contribution in [1.29, 1.82) is 0 Å². The Morgan fingerprint density at radius 2 is 1.32 bits per heavy atom. The average molecular weight is 272 g/mol. The van der Waals surface area contributed by atoms with E-state index in [2.05, 4.69) is 0 Å². The summed E-state index contributed by atoms with van der Waals surface area (Å²) >= 11 is 1.54. The summed E-state index contributed by atoms with van der Waals surface area (Å²) in [6.07, 6.45) is 0. The lowest BCUT2D eigenvalue weighted by Crippen LogP contribution is -2.02. The first kappa shape index (κ1) is 12.3. The minimum atomic E-state index is -0.0746. The van der Waals surface area contributed by atoms with Gasteiger partial charge in [-0.15, -0.1) is 11.3 Å². The highest BCUT2D eigenvalue weighted by Gasteiger charge is 2.07. The van der Waals surface area contributed by atoms with Gasteiger partial charge in [-0.2, -0.15) is 0 Å². The molecule has 0 amide bonds. The zero-order valence-corrected chi connectivity index (χ0v) is 10.9. The van der Waals surface area contributed by atoms with Crippen molar-refractivity contribution in [2.75, 3.05) is 0 Å². The van der Waals surface area contributed by atoms with Crippen LogP contribution in [-0.2, 0) is 13.2 Å². The summed E-state index contributed by atoms with van der Waals surface area (Å²) < 4.78 is 1.82. The van der Waals surface area contributed by atoms with E-state index >= 15 is 0 Å². The highest BCUT2D eigenvalue weighted by Crippen LogP contribution is 2.26. The molecule has 0 fully saturated rings. The molecule has 1 heterocycles. The molecule has 0 bridgehead atoms. The second kappa shape index (κ2) is 4.74. The topological polar surface area (TPSA) is 57.5 Å². The molecule has 0 spiro atoms. The molecule has 0 saturated heterocycles. The minimum Gasteiger partial charge on any atom is -0.392 e. The van der Waals surface area contributed by atoms with E-state index in [4.69, 9.17) is 10.2 Å². The third-order valence-electron chi connectivity index (χ3n) is 3.16. The summed E-state index contributed by atoms with van der Waals surface area (Å²) in [5.74, 6) is 0. The van der Waals surface area contributed by atoms with E-state index in [-0.39, 0.29) is 18.6 Å². The van der Waals surface area contributed by atoms with Gasteiger partial charge < -0.3 is 10.2 Å². The van der Waals surface area contributed by atoms with Gasteiger partial charge in [0.25, 0.3) is 0 Å². The van der Waals surface area contributed by atoms with Gasteiger partial charge in [0, 0.05) is 20.2 Å². The van der Waals surface area contributed by atoms with Gasteiger partial charge in [-0.05, 0) is 35.4 Å². The van der Waals surface area contributed by atoms with Crippen molar-refractivity contribution in [2.45, 2.75) is 13.2 Å². The summed E-state index contributed by atoms with van der Waals surface area (Å²) in [5, 5.41) is 19.6. The molecule has 0 atom stereocenters. The molecule has 1 aromatic heterocycles. The summed E-state index contributed by atoms with van der Waals surface area (Å²) in [6, 6.07) is 10.9. The largest absolute Gasteiger partial charge is 0.392 e. The molecule has 2 N–H and O–H groups in total. The monoisotopic (exact) mass is 272 g/mol. The Labute approximate surface area is 113 Å². The summed E-state index contributed by atoms with van der Waals surface area (Å²) in [4.78, 5) is 12.5. The molecule has 2 aromatic carbocycles. The number of aliphatic hydroxyl groups excluding tert-OH is 2. The maximum atomic E-state index is 12.5. The van der Waals surface area contributed by atoms with Crippen molar-refractivity contribution in [3.05, 3.63) is 57.7 Å². The summed E-state index contributed by atoms with van der Waals surface area (Å²) in [6.45, 7) is -0.149. The Hall–Kier alpha value is -1.75. The van der Waals surface area contributed by atoms with Crippen LogP contribution in [0.3, 0.4) is 0 Å². The normalized spacial score (nSPS) is 11.3. The molecule has 0 saturated carbocycles. The van der Waals surface area contributed by atoms with Crippen molar-refractivity contribution in [3.8, 4) is 0 Å². The van der Waals surface area contributed by atoms with E-state index < -0.39 is 0 Å². The van der Waals surface area contributed by atoms with Crippen LogP contribution in [0.5, 0.6) is 0 Å². The molecule has 0 aliphatic heterocycles. The zero-order chi connectivity index (χ0) is 13.4. The Morgan fingerprint density at radius 3 is 1.74 bits per heavy atom. The van der Waals surface area contributed by atoms with Crippen molar-refractivity contribution < 1.29 is 10.2 Å². The lowest BCUT2D eigenvalue weighted by atomic mass is 10.1. The van der Waals surface area contributed by atoms with Gasteiger partial charge in [0.1, 0.15) is 0 Å². The molecule has 4 heteroatoms. The fourth-order valence-electron chi connectivity index (χ4n) is 2.15. The number of rotatable bonds is 2. The second-order valence-electron chi connectivity index (χ2n) is 4.41. The van der Waals surface area contributed by atoms with Crippen LogP contribution < -0.4 is 5.43 Å². The van der Waals surface area contributed by atoms with Crippen LogP contribution in [-0.4, -0.2) is 10.2 Å². The van der Waals surface area contributed by atoms with Crippen LogP contribution in [0.25, 0.3) is 20.2 Å². The van der Waals surface area contributed by atoms with Crippen LogP contribution in [0, 0.1) is 0 Å². The van der Waals surface area contributed by atoms with Crippen LogP contribution in [0.15, 0.2) is 41.2 Å². The SMILES string of the molecule is O=c1c2cc(CO)ccc2sc2ccc(CO)cc12. The molecule has 3 rings (SSSR count). The Balaban J connectivity index is 2.43. The molecule has 0 unspecified atom stereocenters. The Kier molecular flexibility index (Phi) is 3.06. The van der Waals surface area contributed by atoms with E-state index in [9.17, 15) is 4.79 Å². The van der Waals surface area contributed by atoms with Crippen molar-refractivity contribution in [3.63, 3.8) is 0 Å². The molecule has 3 nitrogen and oxygen atoms in total. The Bertz CT molecular complexity index is 756. The van der Waals surface area contributed by atoms with Crippen molar-refractivity contribution in [2.24, 2.45) is 0 Å². The van der Waals surface area contributed by atoms with Gasteiger partial charge in [-0.1, -0.05) is 12.1 Å². The standard InChI is InChI=1S/C15H12O3S/c16-7-9-1-3-13-11(5-9)15(18)12-6-10(8-17)2-4-14(12)19-13/h1-6,16-17H,7-8H2. The van der Waals surface area contributed by atoms with E-state index in [1.54, 1.807) is 23.5 Å². The van der Waals surface area contributed by atoms with E-state index in [0.29, 0.717) is 10.8 Å². The third kappa shape index (κ3) is 2.04. The highest BCUT2D eigenvalue weighted by atomic mass is 32.1. The molecule has 3 aromatic rings. The number of aliphatic hydroxyl groups is 2. The van der Waals surface area contributed by atoms with Gasteiger partial charge >= 0.3 is 0 Å². The van der Waals surface area contributed by atoms with E-state index in [1.807, 2.05) is 24.3 Å². The van der Waals surface area contributed by atoms with Crippen molar-refractivity contribution >= 4 is 31.5 Å². The Morgan fingerprint density at radius 1 is 0.842 bits per heavy atom. The average Bonchev–Trinajstić information content (AvgIpc) is 2.47. The molecule has 19 heavy (non-hydrogen) atoms. The summed E-state index contributed by atoms with van der Waals surface area (Å²) in [7, 11) is 0. The maximum Gasteiger partial charge on any atom is 0.195 e. The fourth-order valence-corrected chi connectivity index (χ4v) is 3.18. The fraction of sp³-hybridized carbons (Fsp3) is 0.133. The smallest absolute Gasteiger partial charge is 0.195 e. The first-order valence-corrected chi connectivity index (χ1v) is 6.74. The highest BCUT2D eigenvalue weighted by molar-refractivity contribution is 7.24.